The summed E-state index contributed by atoms with van der Waals surface area (Å²) in [5, 5.41) is 0. The minimum Gasteiger partial charge on any atom is -0.311 e. The summed E-state index contributed by atoms with van der Waals surface area (Å²) in [6.07, 6.45) is 8.75. The molecule has 3 nitrogen and oxygen atoms in total. The van der Waals surface area contributed by atoms with Gasteiger partial charge in [0, 0.05) is 45.9 Å². The lowest BCUT2D eigenvalue weighted by Gasteiger charge is -2.44. The van der Waals surface area contributed by atoms with Crippen LogP contribution in [0.15, 0.2) is 182 Å². The van der Waals surface area contributed by atoms with E-state index in [2.05, 4.69) is 194 Å². The summed E-state index contributed by atoms with van der Waals surface area (Å²) < 4.78 is 0. The third-order valence-corrected chi connectivity index (χ3v) is 12.3. The van der Waals surface area contributed by atoms with Gasteiger partial charge in [0.1, 0.15) is 0 Å². The number of hydrogen-bond acceptors (Lipinski definition) is 3. The van der Waals surface area contributed by atoms with Gasteiger partial charge in [-0.15, -0.1) is 0 Å². The highest BCUT2D eigenvalue weighted by molar-refractivity contribution is 7.00. The van der Waals surface area contributed by atoms with Gasteiger partial charge in [-0.25, -0.2) is 0 Å². The number of aromatic nitrogens is 1. The van der Waals surface area contributed by atoms with Crippen LogP contribution < -0.4 is 26.2 Å². The SMILES string of the molecule is CCCCc1ccc2c(c1)B1c3cc(CCCC)ccc3N(c3ccc(-c4ccccc4)cc3)c3cc(-c4ccccn4)cc(c31)N2c1ccc(-c2ccccc2)cc1. The Morgan fingerprint density at radius 3 is 1.32 bits per heavy atom. The molecule has 4 heteroatoms. The normalized spacial score (nSPS) is 12.5. The lowest BCUT2D eigenvalue weighted by atomic mass is 9.33. The maximum atomic E-state index is 4.93. The second kappa shape index (κ2) is 16.0. The fourth-order valence-electron chi connectivity index (χ4n) is 9.28. The van der Waals surface area contributed by atoms with Crippen LogP contribution in [0.1, 0.15) is 50.7 Å². The molecule has 0 radical (unpaired) electrons. The largest absolute Gasteiger partial charge is 0.311 e. The van der Waals surface area contributed by atoms with Crippen molar-refractivity contribution in [2.24, 2.45) is 0 Å². The van der Waals surface area contributed by atoms with Gasteiger partial charge in [0.15, 0.2) is 0 Å². The van der Waals surface area contributed by atoms with E-state index in [4.69, 9.17) is 4.98 Å². The molecule has 0 amide bonds. The first-order valence-corrected chi connectivity index (χ1v) is 21.4. The standard InChI is InChI=1S/C55H48BN3/c1-3-5-15-39-22-32-51-48(35-39)56-49-36-40(16-6-4-2)23-33-52(49)59(47-30-26-44(27-31-47)42-19-11-8-12-20-42)54-38-45(50-21-13-14-34-57-50)37-53(55(54)56)58(51)46-28-24-43(25-29-46)41-17-9-7-10-18-41/h7-14,17-38H,3-6,15-16H2,1-2H3. The fourth-order valence-corrected chi connectivity index (χ4v) is 9.28. The van der Waals surface area contributed by atoms with E-state index in [-0.39, 0.29) is 6.71 Å². The average molecular weight is 762 g/mol. The number of aryl methyl sites for hydroxylation is 2. The van der Waals surface area contributed by atoms with E-state index in [0.29, 0.717) is 0 Å². The fraction of sp³-hybridized carbons (Fsp3) is 0.145. The number of hydrogen-bond donors (Lipinski definition) is 0. The molecule has 8 aromatic rings. The van der Waals surface area contributed by atoms with E-state index in [0.717, 1.165) is 35.5 Å². The number of anilines is 6. The molecule has 0 N–H and O–H groups in total. The molecule has 286 valence electrons. The molecule has 0 saturated heterocycles. The van der Waals surface area contributed by atoms with Crippen LogP contribution in [0.5, 0.6) is 0 Å². The molecule has 0 spiro atoms. The lowest BCUT2D eigenvalue weighted by Crippen LogP contribution is -2.61. The minimum absolute atomic E-state index is 0.0608. The number of benzene rings is 7. The number of pyridine rings is 1. The van der Waals surface area contributed by atoms with Crippen molar-refractivity contribution in [3.63, 3.8) is 0 Å². The van der Waals surface area contributed by atoms with Gasteiger partial charge in [-0.2, -0.15) is 0 Å². The van der Waals surface area contributed by atoms with Crippen LogP contribution in [0.25, 0.3) is 33.5 Å². The number of rotatable bonds is 11. The predicted octanol–water partition coefficient (Wildman–Crippen LogP) is 12.9. The van der Waals surface area contributed by atoms with E-state index < -0.39 is 0 Å². The summed E-state index contributed by atoms with van der Waals surface area (Å²) >= 11 is 0. The van der Waals surface area contributed by atoms with E-state index in [9.17, 15) is 0 Å². The third-order valence-electron chi connectivity index (χ3n) is 12.3. The Labute approximate surface area is 349 Å². The van der Waals surface area contributed by atoms with Crippen molar-refractivity contribution >= 4 is 57.2 Å². The van der Waals surface area contributed by atoms with E-state index >= 15 is 0 Å². The first-order valence-electron chi connectivity index (χ1n) is 21.4. The average Bonchev–Trinajstić information content (AvgIpc) is 3.31. The zero-order chi connectivity index (χ0) is 39.7. The molecule has 2 aliphatic heterocycles. The molecule has 3 heterocycles. The van der Waals surface area contributed by atoms with Gasteiger partial charge in [0.25, 0.3) is 6.71 Å². The Morgan fingerprint density at radius 1 is 0.424 bits per heavy atom. The van der Waals surface area contributed by atoms with E-state index in [1.165, 1.54) is 98.2 Å². The molecular weight excluding hydrogens is 713 g/mol. The van der Waals surface area contributed by atoms with Gasteiger partial charge in [-0.3, -0.25) is 4.98 Å². The van der Waals surface area contributed by atoms with Crippen LogP contribution in [-0.4, -0.2) is 11.7 Å². The van der Waals surface area contributed by atoms with Gasteiger partial charge in [0.2, 0.25) is 0 Å². The van der Waals surface area contributed by atoms with Crippen molar-refractivity contribution in [3.05, 3.63) is 193 Å². The van der Waals surface area contributed by atoms with Crippen LogP contribution >= 0.6 is 0 Å². The highest BCUT2D eigenvalue weighted by atomic mass is 15.2. The number of unbranched alkanes of at least 4 members (excludes halogenated alkanes) is 2. The zero-order valence-electron chi connectivity index (χ0n) is 34.0. The summed E-state index contributed by atoms with van der Waals surface area (Å²) in [4.78, 5) is 9.98. The summed E-state index contributed by atoms with van der Waals surface area (Å²) in [6.45, 7) is 4.64. The van der Waals surface area contributed by atoms with E-state index in [1.807, 2.05) is 12.3 Å². The highest BCUT2D eigenvalue weighted by Gasteiger charge is 2.44. The molecule has 1 aromatic heterocycles. The summed E-state index contributed by atoms with van der Waals surface area (Å²) in [5.41, 5.74) is 21.0. The molecular formula is C55H48BN3. The van der Waals surface area contributed by atoms with Crippen molar-refractivity contribution in [2.75, 3.05) is 9.80 Å². The maximum Gasteiger partial charge on any atom is 0.252 e. The highest BCUT2D eigenvalue weighted by Crippen LogP contribution is 2.46. The third kappa shape index (κ3) is 6.83. The summed E-state index contributed by atoms with van der Waals surface area (Å²) in [5.74, 6) is 0. The first-order chi connectivity index (χ1) is 29.2. The Kier molecular flexibility index (Phi) is 9.92. The van der Waals surface area contributed by atoms with Crippen LogP contribution in [-0.2, 0) is 12.8 Å². The van der Waals surface area contributed by atoms with Gasteiger partial charge >= 0.3 is 0 Å². The Hall–Kier alpha value is -6.65. The minimum atomic E-state index is 0.0608. The molecule has 0 bridgehead atoms. The molecule has 0 atom stereocenters. The second-order valence-electron chi connectivity index (χ2n) is 16.1. The molecule has 0 unspecified atom stereocenters. The first kappa shape index (κ1) is 36.7. The van der Waals surface area contributed by atoms with Crippen LogP contribution in [0.3, 0.4) is 0 Å². The monoisotopic (exact) mass is 761 g/mol. The second-order valence-corrected chi connectivity index (χ2v) is 16.1. The topological polar surface area (TPSA) is 19.4 Å². The van der Waals surface area contributed by atoms with Crippen molar-refractivity contribution in [2.45, 2.75) is 52.4 Å². The van der Waals surface area contributed by atoms with Gasteiger partial charge in [-0.1, -0.05) is 142 Å². The molecule has 7 aromatic carbocycles. The Bertz CT molecular complexity index is 2560. The lowest BCUT2D eigenvalue weighted by molar-refractivity contribution is 0.795. The quantitative estimate of drug-likeness (QED) is 0.122. The van der Waals surface area contributed by atoms with Gasteiger partial charge < -0.3 is 9.80 Å². The molecule has 0 aliphatic carbocycles. The van der Waals surface area contributed by atoms with E-state index in [1.54, 1.807) is 0 Å². The van der Waals surface area contributed by atoms with Crippen LogP contribution in [0.4, 0.5) is 34.1 Å². The van der Waals surface area contributed by atoms with Crippen molar-refractivity contribution in [1.82, 2.24) is 4.98 Å². The zero-order valence-corrected chi connectivity index (χ0v) is 34.0. The molecule has 59 heavy (non-hydrogen) atoms. The number of fused-ring (bicyclic) bond motifs is 4. The van der Waals surface area contributed by atoms with Gasteiger partial charge in [0.05, 0.1) is 5.69 Å². The number of nitrogens with zero attached hydrogens (tertiary/aromatic N) is 3. The smallest absolute Gasteiger partial charge is 0.252 e. The van der Waals surface area contributed by atoms with Crippen LogP contribution in [0, 0.1) is 0 Å². The molecule has 0 fully saturated rings. The summed E-state index contributed by atoms with van der Waals surface area (Å²) in [7, 11) is 0. The molecule has 2 aliphatic rings. The Morgan fingerprint density at radius 2 is 0.881 bits per heavy atom. The molecule has 10 rings (SSSR count). The van der Waals surface area contributed by atoms with Gasteiger partial charge in [-0.05, 0) is 136 Å². The Balaban J connectivity index is 1.24. The predicted molar refractivity (Wildman–Crippen MR) is 252 cm³/mol. The molecule has 0 saturated carbocycles. The summed E-state index contributed by atoms with van der Waals surface area (Å²) in [6, 6.07) is 65.3. The van der Waals surface area contributed by atoms with Crippen molar-refractivity contribution in [3.8, 4) is 33.5 Å². The van der Waals surface area contributed by atoms with Crippen LogP contribution in [0.2, 0.25) is 0 Å². The van der Waals surface area contributed by atoms with Crippen molar-refractivity contribution < 1.29 is 0 Å². The van der Waals surface area contributed by atoms with Crippen molar-refractivity contribution in [1.29, 1.82) is 0 Å². The maximum absolute atomic E-state index is 4.93.